The highest BCUT2D eigenvalue weighted by Crippen LogP contribution is 2.21. The largest absolute Gasteiger partial charge is 0.478 e. The molecule has 0 fully saturated rings. The van der Waals surface area contributed by atoms with Crippen molar-refractivity contribution in [3.8, 4) is 11.1 Å². The van der Waals surface area contributed by atoms with Crippen LogP contribution in [0.2, 0.25) is 0 Å². The number of carboxylic acids is 1. The first kappa shape index (κ1) is 13.9. The van der Waals surface area contributed by atoms with Crippen LogP contribution in [0.4, 0.5) is 4.39 Å². The van der Waals surface area contributed by atoms with Gasteiger partial charge in [0, 0.05) is 0 Å². The highest BCUT2D eigenvalue weighted by atomic mass is 19.1. The minimum absolute atomic E-state index is 0.306. The van der Waals surface area contributed by atoms with Gasteiger partial charge in [0.1, 0.15) is 5.82 Å². The van der Waals surface area contributed by atoms with E-state index in [1.807, 2.05) is 44.2 Å². The molecule has 18 heavy (non-hydrogen) atoms. The zero-order valence-corrected chi connectivity index (χ0v) is 10.4. The monoisotopic (exact) mass is 246 g/mol. The van der Waals surface area contributed by atoms with Crippen LogP contribution in [0, 0.1) is 5.82 Å². The van der Waals surface area contributed by atoms with Gasteiger partial charge in [0.15, 0.2) is 0 Å². The summed E-state index contributed by atoms with van der Waals surface area (Å²) >= 11 is 0. The van der Waals surface area contributed by atoms with Gasteiger partial charge >= 0.3 is 5.97 Å². The summed E-state index contributed by atoms with van der Waals surface area (Å²) in [6.07, 6.45) is 0. The van der Waals surface area contributed by atoms with E-state index >= 15 is 0 Å². The van der Waals surface area contributed by atoms with Crippen molar-refractivity contribution in [3.63, 3.8) is 0 Å². The molecular weight excluding hydrogens is 231 g/mol. The van der Waals surface area contributed by atoms with Crippen LogP contribution in [-0.2, 0) is 0 Å². The standard InChI is InChI=1S/C13H9FO2.C2H6/c14-12-8-10(6-7-11(12)13(15)16)9-4-2-1-3-5-9;1-2/h1-8H,(H,15,16);1-2H3. The number of carbonyl (C=O) groups is 1. The van der Waals surface area contributed by atoms with E-state index in [0.29, 0.717) is 5.56 Å². The summed E-state index contributed by atoms with van der Waals surface area (Å²) in [7, 11) is 0. The Hall–Kier alpha value is -2.16. The molecule has 0 saturated carbocycles. The molecule has 3 heteroatoms. The summed E-state index contributed by atoms with van der Waals surface area (Å²) in [6, 6.07) is 13.4. The Kier molecular flexibility index (Phi) is 5.06. The first-order chi connectivity index (χ1) is 8.68. The highest BCUT2D eigenvalue weighted by Gasteiger charge is 2.10. The van der Waals surface area contributed by atoms with Gasteiger partial charge in [0.25, 0.3) is 0 Å². The molecule has 0 radical (unpaired) electrons. The van der Waals surface area contributed by atoms with E-state index in [2.05, 4.69) is 0 Å². The Morgan fingerprint density at radius 3 is 2.11 bits per heavy atom. The first-order valence-electron chi connectivity index (χ1n) is 5.77. The van der Waals surface area contributed by atoms with Crippen molar-refractivity contribution in [3.05, 3.63) is 59.9 Å². The van der Waals surface area contributed by atoms with Crippen molar-refractivity contribution in [1.82, 2.24) is 0 Å². The molecule has 0 aliphatic heterocycles. The third-order valence-corrected chi connectivity index (χ3v) is 2.31. The van der Waals surface area contributed by atoms with Crippen LogP contribution in [0.1, 0.15) is 24.2 Å². The molecule has 2 aromatic rings. The Morgan fingerprint density at radius 2 is 1.61 bits per heavy atom. The molecule has 2 aromatic carbocycles. The summed E-state index contributed by atoms with van der Waals surface area (Å²) in [5, 5.41) is 8.69. The summed E-state index contributed by atoms with van der Waals surface area (Å²) in [4.78, 5) is 10.6. The van der Waals surface area contributed by atoms with E-state index in [9.17, 15) is 9.18 Å². The maximum atomic E-state index is 13.4. The molecule has 0 spiro atoms. The van der Waals surface area contributed by atoms with Crippen LogP contribution in [0.5, 0.6) is 0 Å². The fourth-order valence-corrected chi connectivity index (χ4v) is 1.50. The van der Waals surface area contributed by atoms with Crippen LogP contribution in [0.25, 0.3) is 11.1 Å². The molecule has 0 saturated heterocycles. The molecule has 0 amide bonds. The fraction of sp³-hybridized carbons (Fsp3) is 0.133. The van der Waals surface area contributed by atoms with Gasteiger partial charge in [-0.2, -0.15) is 0 Å². The van der Waals surface area contributed by atoms with Crippen LogP contribution < -0.4 is 0 Å². The second-order valence-corrected chi connectivity index (χ2v) is 3.37. The minimum Gasteiger partial charge on any atom is -0.478 e. The van der Waals surface area contributed by atoms with Gasteiger partial charge in [0.2, 0.25) is 0 Å². The molecule has 0 unspecified atom stereocenters. The Morgan fingerprint density at radius 1 is 1.00 bits per heavy atom. The summed E-state index contributed by atoms with van der Waals surface area (Å²) in [5.41, 5.74) is 1.22. The van der Waals surface area contributed by atoms with E-state index in [1.54, 1.807) is 6.07 Å². The second kappa shape index (κ2) is 6.55. The van der Waals surface area contributed by atoms with Crippen molar-refractivity contribution >= 4 is 5.97 Å². The van der Waals surface area contributed by atoms with E-state index in [-0.39, 0.29) is 5.56 Å². The van der Waals surface area contributed by atoms with Gasteiger partial charge in [-0.1, -0.05) is 50.2 Å². The molecule has 2 rings (SSSR count). The van der Waals surface area contributed by atoms with Gasteiger partial charge < -0.3 is 5.11 Å². The van der Waals surface area contributed by atoms with Crippen molar-refractivity contribution in [1.29, 1.82) is 0 Å². The molecule has 0 aromatic heterocycles. The van der Waals surface area contributed by atoms with E-state index < -0.39 is 11.8 Å². The lowest BCUT2D eigenvalue weighted by Crippen LogP contribution is -2.00. The zero-order valence-electron chi connectivity index (χ0n) is 10.4. The first-order valence-corrected chi connectivity index (χ1v) is 5.77. The number of benzene rings is 2. The van der Waals surface area contributed by atoms with Crippen LogP contribution >= 0.6 is 0 Å². The van der Waals surface area contributed by atoms with Gasteiger partial charge in [-0.25, -0.2) is 9.18 Å². The summed E-state index contributed by atoms with van der Waals surface area (Å²) < 4.78 is 13.4. The van der Waals surface area contributed by atoms with E-state index in [4.69, 9.17) is 5.11 Å². The molecule has 0 bridgehead atoms. The average Bonchev–Trinajstić information content (AvgIpc) is 2.41. The molecule has 1 N–H and O–H groups in total. The molecular formula is C15H15FO2. The lowest BCUT2D eigenvalue weighted by Gasteiger charge is -2.03. The lowest BCUT2D eigenvalue weighted by atomic mass is 10.0. The van der Waals surface area contributed by atoms with Crippen LogP contribution in [0.15, 0.2) is 48.5 Å². The number of rotatable bonds is 2. The minimum atomic E-state index is -1.25. The summed E-state index contributed by atoms with van der Waals surface area (Å²) in [5.74, 6) is -1.97. The third-order valence-electron chi connectivity index (χ3n) is 2.31. The second-order valence-electron chi connectivity index (χ2n) is 3.37. The van der Waals surface area contributed by atoms with E-state index in [1.165, 1.54) is 12.1 Å². The maximum Gasteiger partial charge on any atom is 0.338 e. The predicted octanol–water partition coefficient (Wildman–Crippen LogP) is 4.22. The van der Waals surface area contributed by atoms with Gasteiger partial charge in [-0.15, -0.1) is 0 Å². The molecule has 0 atom stereocenters. The Labute approximate surface area is 106 Å². The fourth-order valence-electron chi connectivity index (χ4n) is 1.50. The van der Waals surface area contributed by atoms with Gasteiger partial charge in [-0.05, 0) is 23.3 Å². The average molecular weight is 246 g/mol. The SMILES string of the molecule is CC.O=C(O)c1ccc(-c2ccccc2)cc1F. The molecule has 0 aliphatic rings. The summed E-state index contributed by atoms with van der Waals surface area (Å²) in [6.45, 7) is 4.00. The number of aromatic carboxylic acids is 1. The predicted molar refractivity (Wildman–Crippen MR) is 70.1 cm³/mol. The number of hydrogen-bond acceptors (Lipinski definition) is 1. The topological polar surface area (TPSA) is 37.3 Å². The number of carboxylic acid groups (broad SMARTS) is 1. The molecule has 2 nitrogen and oxygen atoms in total. The normalized spacial score (nSPS) is 9.28. The Balaban J connectivity index is 0.000000771. The number of hydrogen-bond donors (Lipinski definition) is 1. The maximum absolute atomic E-state index is 13.4. The molecule has 94 valence electrons. The van der Waals surface area contributed by atoms with Crippen LogP contribution in [0.3, 0.4) is 0 Å². The third kappa shape index (κ3) is 3.17. The zero-order chi connectivity index (χ0) is 13.5. The Bertz CT molecular complexity index is 521. The quantitative estimate of drug-likeness (QED) is 0.861. The molecule has 0 heterocycles. The smallest absolute Gasteiger partial charge is 0.338 e. The number of halogens is 1. The van der Waals surface area contributed by atoms with Crippen molar-refractivity contribution in [2.75, 3.05) is 0 Å². The van der Waals surface area contributed by atoms with Crippen LogP contribution in [-0.4, -0.2) is 11.1 Å². The lowest BCUT2D eigenvalue weighted by molar-refractivity contribution is 0.0692. The van der Waals surface area contributed by atoms with Crippen molar-refractivity contribution in [2.45, 2.75) is 13.8 Å². The van der Waals surface area contributed by atoms with E-state index in [0.717, 1.165) is 5.56 Å². The van der Waals surface area contributed by atoms with Gasteiger partial charge in [-0.3, -0.25) is 0 Å². The highest BCUT2D eigenvalue weighted by molar-refractivity contribution is 5.88. The van der Waals surface area contributed by atoms with Gasteiger partial charge in [0.05, 0.1) is 5.56 Å². The van der Waals surface area contributed by atoms with Crippen molar-refractivity contribution < 1.29 is 14.3 Å². The van der Waals surface area contributed by atoms with Crippen molar-refractivity contribution in [2.24, 2.45) is 0 Å². The molecule has 0 aliphatic carbocycles.